The quantitative estimate of drug-likeness (QED) is 0.729. The molecule has 1 amide bonds. The molecule has 1 aromatic carbocycles. The molecular weight excluding hydrogens is 404 g/mol. The Labute approximate surface area is 191 Å². The number of rotatable bonds is 4. The van der Waals surface area contributed by atoms with E-state index in [1.807, 2.05) is 40.0 Å². The van der Waals surface area contributed by atoms with Crippen molar-refractivity contribution in [1.82, 2.24) is 19.6 Å². The molecule has 2 aliphatic rings. The van der Waals surface area contributed by atoms with Crippen molar-refractivity contribution in [1.29, 1.82) is 0 Å². The fourth-order valence-electron chi connectivity index (χ4n) is 4.94. The number of carbonyl (C=O) groups is 1. The van der Waals surface area contributed by atoms with Gasteiger partial charge in [-0.3, -0.25) is 14.4 Å². The van der Waals surface area contributed by atoms with Crippen LogP contribution in [0.3, 0.4) is 0 Å². The second-order valence-corrected chi connectivity index (χ2v) is 8.89. The van der Waals surface area contributed by atoms with Gasteiger partial charge in [0.05, 0.1) is 17.9 Å². The van der Waals surface area contributed by atoms with Crippen molar-refractivity contribution in [2.45, 2.75) is 51.8 Å². The number of fused-ring (bicyclic) bond motifs is 3. The van der Waals surface area contributed by atoms with Crippen LogP contribution in [0.1, 0.15) is 48.5 Å². The summed E-state index contributed by atoms with van der Waals surface area (Å²) >= 11 is 0. The van der Waals surface area contributed by atoms with E-state index in [2.05, 4.69) is 23.1 Å². The lowest BCUT2D eigenvalue weighted by molar-refractivity contribution is -0.00702. The molecule has 3 heterocycles. The number of amides is 1. The van der Waals surface area contributed by atoms with Crippen LogP contribution in [0.2, 0.25) is 0 Å². The second kappa shape index (κ2) is 11.0. The number of hydrogen-bond acceptors (Lipinski definition) is 5. The van der Waals surface area contributed by atoms with E-state index in [0.717, 1.165) is 65.0 Å². The number of methoxy groups -OCH3 is 1. The van der Waals surface area contributed by atoms with Crippen molar-refractivity contribution in [2.24, 2.45) is 5.92 Å². The fourth-order valence-corrected chi connectivity index (χ4v) is 4.94. The maximum Gasteiger partial charge on any atom is 0.257 e. The third-order valence-electron chi connectivity index (χ3n) is 6.75. The Bertz CT molecular complexity index is 884. The van der Waals surface area contributed by atoms with E-state index < -0.39 is 0 Å². The zero-order valence-electron chi connectivity index (χ0n) is 19.4. The minimum Gasteiger partial charge on any atom is -0.491 e. The topological polar surface area (TPSA) is 59.8 Å². The van der Waals surface area contributed by atoms with Gasteiger partial charge in [-0.05, 0) is 44.9 Å². The number of nitrogens with zero attached hydrogens (tertiary/aromatic N) is 4. The summed E-state index contributed by atoms with van der Waals surface area (Å²) in [6.07, 6.45) is 8.55. The zero-order chi connectivity index (χ0) is 22.3. The third kappa shape index (κ3) is 5.51. The molecule has 1 aromatic heterocycles. The standard InChI is InChI=1S/C25H36N4O3/c1-3-29-18-20(16-26-29)17-27-12-7-6-8-21-19-28(13-11-23(21)31-2)25(30)22-9-4-5-10-24(22)32-15-14-27/h4-5,9-10,16,18,21,23H,3,6-8,11-15,17,19H2,1-2H3/t21-,23+/m1/s1. The Morgan fingerprint density at radius 1 is 1.16 bits per heavy atom. The molecule has 4 rings (SSSR count). The normalized spacial score (nSPS) is 23.3. The fraction of sp³-hybridized carbons (Fsp3) is 0.600. The monoisotopic (exact) mass is 440 g/mol. The van der Waals surface area contributed by atoms with Gasteiger partial charge in [0, 0.05) is 57.5 Å². The molecule has 2 atom stereocenters. The van der Waals surface area contributed by atoms with Gasteiger partial charge in [-0.2, -0.15) is 5.10 Å². The van der Waals surface area contributed by atoms with Gasteiger partial charge < -0.3 is 14.4 Å². The van der Waals surface area contributed by atoms with E-state index in [-0.39, 0.29) is 12.0 Å². The average Bonchev–Trinajstić information content (AvgIpc) is 3.28. The lowest BCUT2D eigenvalue weighted by Crippen LogP contribution is -2.46. The number of carbonyl (C=O) groups excluding carboxylic acids is 1. The molecule has 1 fully saturated rings. The highest BCUT2D eigenvalue weighted by Gasteiger charge is 2.32. The average molecular weight is 441 g/mol. The van der Waals surface area contributed by atoms with E-state index in [9.17, 15) is 4.79 Å². The van der Waals surface area contributed by atoms with Crippen molar-refractivity contribution < 1.29 is 14.3 Å². The van der Waals surface area contributed by atoms with Crippen LogP contribution in [0.25, 0.3) is 0 Å². The van der Waals surface area contributed by atoms with Crippen LogP contribution in [0, 0.1) is 5.92 Å². The summed E-state index contributed by atoms with van der Waals surface area (Å²) in [7, 11) is 1.80. The number of benzene rings is 1. The number of piperidine rings is 1. The molecule has 1 saturated heterocycles. The number of para-hydroxylation sites is 1. The van der Waals surface area contributed by atoms with Crippen LogP contribution in [0.5, 0.6) is 5.75 Å². The molecule has 0 spiro atoms. The van der Waals surface area contributed by atoms with Crippen LogP contribution >= 0.6 is 0 Å². The second-order valence-electron chi connectivity index (χ2n) is 8.89. The van der Waals surface area contributed by atoms with Crippen molar-refractivity contribution in [3.8, 4) is 5.75 Å². The Morgan fingerprint density at radius 3 is 2.84 bits per heavy atom. The highest BCUT2D eigenvalue weighted by Crippen LogP contribution is 2.28. The molecule has 0 unspecified atom stereocenters. The number of ether oxygens (including phenoxy) is 2. The SMILES string of the molecule is CCn1cc(CN2CCCC[C@@H]3CN(CC[C@@H]3OC)C(=O)c3ccccc3OCC2)cn1. The Balaban J connectivity index is 1.51. The summed E-state index contributed by atoms with van der Waals surface area (Å²) in [6, 6.07) is 7.65. The van der Waals surface area contributed by atoms with E-state index in [1.54, 1.807) is 7.11 Å². The number of aryl methyl sites for hydroxylation is 1. The van der Waals surface area contributed by atoms with Gasteiger partial charge in [-0.25, -0.2) is 0 Å². The minimum atomic E-state index is 0.0704. The van der Waals surface area contributed by atoms with Crippen LogP contribution in [0.15, 0.2) is 36.7 Å². The van der Waals surface area contributed by atoms with Gasteiger partial charge in [-0.15, -0.1) is 0 Å². The summed E-state index contributed by atoms with van der Waals surface area (Å²) < 4.78 is 13.9. The molecule has 0 radical (unpaired) electrons. The van der Waals surface area contributed by atoms with Crippen LogP contribution in [0.4, 0.5) is 0 Å². The molecule has 0 saturated carbocycles. The third-order valence-corrected chi connectivity index (χ3v) is 6.75. The molecule has 0 aliphatic carbocycles. The van der Waals surface area contributed by atoms with E-state index in [4.69, 9.17) is 9.47 Å². The highest BCUT2D eigenvalue weighted by atomic mass is 16.5. The molecule has 7 heteroatoms. The minimum absolute atomic E-state index is 0.0704. The van der Waals surface area contributed by atoms with Gasteiger partial charge in [-0.1, -0.05) is 18.6 Å². The smallest absolute Gasteiger partial charge is 0.257 e. The lowest BCUT2D eigenvalue weighted by atomic mass is 9.89. The van der Waals surface area contributed by atoms with Gasteiger partial charge in [0.15, 0.2) is 0 Å². The Hall–Kier alpha value is -2.38. The van der Waals surface area contributed by atoms with Gasteiger partial charge in [0.2, 0.25) is 0 Å². The molecule has 2 aromatic rings. The molecular formula is C25H36N4O3. The molecule has 0 N–H and O–H groups in total. The van der Waals surface area contributed by atoms with E-state index in [0.29, 0.717) is 23.8 Å². The van der Waals surface area contributed by atoms with E-state index in [1.165, 1.54) is 5.56 Å². The van der Waals surface area contributed by atoms with Crippen molar-refractivity contribution in [3.63, 3.8) is 0 Å². The first-order valence-corrected chi connectivity index (χ1v) is 12.0. The molecule has 32 heavy (non-hydrogen) atoms. The van der Waals surface area contributed by atoms with Crippen LogP contribution in [-0.2, 0) is 17.8 Å². The van der Waals surface area contributed by atoms with Crippen molar-refractivity contribution in [2.75, 3.05) is 39.9 Å². The van der Waals surface area contributed by atoms with Crippen LogP contribution < -0.4 is 4.74 Å². The van der Waals surface area contributed by atoms with Gasteiger partial charge in [0.25, 0.3) is 5.91 Å². The maximum absolute atomic E-state index is 13.3. The molecule has 2 bridgehead atoms. The Morgan fingerprint density at radius 2 is 2.03 bits per heavy atom. The number of aromatic nitrogens is 2. The van der Waals surface area contributed by atoms with E-state index >= 15 is 0 Å². The summed E-state index contributed by atoms with van der Waals surface area (Å²) in [5, 5.41) is 4.42. The largest absolute Gasteiger partial charge is 0.491 e. The first-order chi connectivity index (χ1) is 15.7. The summed E-state index contributed by atoms with van der Waals surface area (Å²) in [6.45, 7) is 7.73. The molecule has 7 nitrogen and oxygen atoms in total. The highest BCUT2D eigenvalue weighted by molar-refractivity contribution is 5.97. The zero-order valence-corrected chi connectivity index (χ0v) is 19.4. The Kier molecular flexibility index (Phi) is 7.81. The first kappa shape index (κ1) is 22.8. The number of hydrogen-bond donors (Lipinski definition) is 0. The van der Waals surface area contributed by atoms with Gasteiger partial charge >= 0.3 is 0 Å². The molecule has 174 valence electrons. The molecule has 2 aliphatic heterocycles. The van der Waals surface area contributed by atoms with Crippen molar-refractivity contribution in [3.05, 3.63) is 47.8 Å². The summed E-state index contributed by atoms with van der Waals surface area (Å²) in [5.74, 6) is 1.13. The predicted molar refractivity (Wildman–Crippen MR) is 124 cm³/mol. The first-order valence-electron chi connectivity index (χ1n) is 12.0. The lowest BCUT2D eigenvalue weighted by Gasteiger charge is -2.38. The van der Waals surface area contributed by atoms with Crippen LogP contribution in [-0.4, -0.2) is 71.5 Å². The predicted octanol–water partition coefficient (Wildman–Crippen LogP) is 3.45. The summed E-state index contributed by atoms with van der Waals surface area (Å²) in [5.41, 5.74) is 1.89. The van der Waals surface area contributed by atoms with Gasteiger partial charge in [0.1, 0.15) is 12.4 Å². The summed E-state index contributed by atoms with van der Waals surface area (Å²) in [4.78, 5) is 17.8. The maximum atomic E-state index is 13.3. The van der Waals surface area contributed by atoms with Crippen molar-refractivity contribution >= 4 is 5.91 Å².